The Morgan fingerprint density at radius 1 is 1.21 bits per heavy atom. The van der Waals surface area contributed by atoms with E-state index in [9.17, 15) is 18.4 Å². The molecule has 0 saturated carbocycles. The molecule has 2 atom stereocenters. The summed E-state index contributed by atoms with van der Waals surface area (Å²) in [5.41, 5.74) is -0.606. The average molecular weight is 362 g/mol. The van der Waals surface area contributed by atoms with Gasteiger partial charge in [-0.3, -0.25) is 9.59 Å². The molecule has 1 aromatic rings. The van der Waals surface area contributed by atoms with Gasteiger partial charge in [0.15, 0.2) is 0 Å². The van der Waals surface area contributed by atoms with Crippen LogP contribution in [0, 0.1) is 17.6 Å². The molecule has 0 radical (unpaired) electrons. The van der Waals surface area contributed by atoms with E-state index in [4.69, 9.17) is 0 Å². The van der Waals surface area contributed by atoms with Crippen molar-refractivity contribution in [3.63, 3.8) is 0 Å². The van der Waals surface area contributed by atoms with E-state index in [2.05, 4.69) is 16.0 Å². The Hall–Kier alpha value is -1.73. The Morgan fingerprint density at radius 2 is 1.83 bits per heavy atom. The lowest BCUT2D eigenvalue weighted by Gasteiger charge is -2.27. The minimum absolute atomic E-state index is 0. The van der Waals surface area contributed by atoms with Gasteiger partial charge in [-0.15, -0.1) is 12.4 Å². The van der Waals surface area contributed by atoms with Crippen LogP contribution in [-0.2, 0) is 4.79 Å². The third-order valence-electron chi connectivity index (χ3n) is 3.89. The van der Waals surface area contributed by atoms with Crippen molar-refractivity contribution in [1.29, 1.82) is 0 Å². The van der Waals surface area contributed by atoms with Crippen LogP contribution in [0.5, 0.6) is 0 Å². The van der Waals surface area contributed by atoms with Crippen LogP contribution in [-0.4, -0.2) is 37.5 Å². The summed E-state index contributed by atoms with van der Waals surface area (Å²) < 4.78 is 26.9. The lowest BCUT2D eigenvalue weighted by Crippen LogP contribution is -2.44. The number of carbonyl (C=O) groups excluding carboxylic acids is 2. The average Bonchev–Trinajstić information content (AvgIpc) is 2.51. The highest BCUT2D eigenvalue weighted by atomic mass is 35.5. The molecule has 3 N–H and O–H groups in total. The number of piperidine rings is 1. The zero-order valence-electron chi connectivity index (χ0n) is 13.4. The highest BCUT2D eigenvalue weighted by molar-refractivity contribution is 5.94. The van der Waals surface area contributed by atoms with Gasteiger partial charge in [0.1, 0.15) is 17.2 Å². The molecule has 2 rings (SSSR count). The first-order chi connectivity index (χ1) is 11.0. The zero-order valence-corrected chi connectivity index (χ0v) is 14.2. The van der Waals surface area contributed by atoms with E-state index in [0.29, 0.717) is 6.04 Å². The SMILES string of the molecule is C[C@H]1C[C@@H](C(=O)NCCNC(=O)c2c(F)cccc2F)CCN1.Cl. The van der Waals surface area contributed by atoms with Crippen LogP contribution >= 0.6 is 12.4 Å². The number of halogens is 3. The Labute approximate surface area is 146 Å². The van der Waals surface area contributed by atoms with Crippen LogP contribution in [0.2, 0.25) is 0 Å². The monoisotopic (exact) mass is 361 g/mol. The summed E-state index contributed by atoms with van der Waals surface area (Å²) in [6.07, 6.45) is 1.56. The first kappa shape index (κ1) is 20.3. The van der Waals surface area contributed by atoms with Crippen molar-refractivity contribution in [2.24, 2.45) is 5.92 Å². The van der Waals surface area contributed by atoms with Crippen molar-refractivity contribution in [2.45, 2.75) is 25.8 Å². The lowest BCUT2D eigenvalue weighted by molar-refractivity contribution is -0.126. The largest absolute Gasteiger partial charge is 0.354 e. The summed E-state index contributed by atoms with van der Waals surface area (Å²) in [5.74, 6) is -2.73. The van der Waals surface area contributed by atoms with E-state index in [0.717, 1.165) is 31.5 Å². The summed E-state index contributed by atoms with van der Waals surface area (Å²) in [6.45, 7) is 3.17. The summed E-state index contributed by atoms with van der Waals surface area (Å²) in [4.78, 5) is 23.8. The predicted molar refractivity (Wildman–Crippen MR) is 89.1 cm³/mol. The Bertz CT molecular complexity index is 566. The van der Waals surface area contributed by atoms with Gasteiger partial charge < -0.3 is 16.0 Å². The molecule has 134 valence electrons. The van der Waals surface area contributed by atoms with Gasteiger partial charge in [-0.1, -0.05) is 6.07 Å². The molecule has 1 saturated heterocycles. The minimum Gasteiger partial charge on any atom is -0.354 e. The molecule has 2 amide bonds. The van der Waals surface area contributed by atoms with Crippen LogP contribution in [0.4, 0.5) is 8.78 Å². The van der Waals surface area contributed by atoms with E-state index in [-0.39, 0.29) is 37.3 Å². The first-order valence-corrected chi connectivity index (χ1v) is 7.72. The van der Waals surface area contributed by atoms with Gasteiger partial charge in [0, 0.05) is 25.0 Å². The molecular weight excluding hydrogens is 340 g/mol. The molecule has 0 unspecified atom stereocenters. The quantitative estimate of drug-likeness (QED) is 0.698. The van der Waals surface area contributed by atoms with Crippen LogP contribution in [0.15, 0.2) is 18.2 Å². The lowest BCUT2D eigenvalue weighted by atomic mass is 9.92. The number of hydrogen-bond donors (Lipinski definition) is 3. The molecule has 1 aliphatic rings. The molecule has 24 heavy (non-hydrogen) atoms. The zero-order chi connectivity index (χ0) is 16.8. The molecule has 0 aromatic heterocycles. The molecule has 0 bridgehead atoms. The summed E-state index contributed by atoms with van der Waals surface area (Å²) in [6, 6.07) is 3.56. The molecule has 0 spiro atoms. The molecule has 5 nitrogen and oxygen atoms in total. The maximum Gasteiger partial charge on any atom is 0.257 e. The molecule has 1 heterocycles. The van der Waals surface area contributed by atoms with Crippen molar-refractivity contribution in [2.75, 3.05) is 19.6 Å². The maximum atomic E-state index is 13.4. The van der Waals surface area contributed by atoms with E-state index in [1.165, 1.54) is 6.07 Å². The Kier molecular flexibility index (Phi) is 8.07. The van der Waals surface area contributed by atoms with Crippen molar-refractivity contribution in [3.05, 3.63) is 35.4 Å². The Balaban J connectivity index is 0.00000288. The van der Waals surface area contributed by atoms with E-state index >= 15 is 0 Å². The number of amides is 2. The normalized spacial score (nSPS) is 20.0. The van der Waals surface area contributed by atoms with E-state index in [1.54, 1.807) is 0 Å². The molecule has 8 heteroatoms. The van der Waals surface area contributed by atoms with Gasteiger partial charge in [0.25, 0.3) is 5.91 Å². The molecule has 1 aliphatic heterocycles. The van der Waals surface area contributed by atoms with Crippen LogP contribution in [0.1, 0.15) is 30.1 Å². The fourth-order valence-corrected chi connectivity index (χ4v) is 2.68. The second-order valence-electron chi connectivity index (χ2n) is 5.72. The summed E-state index contributed by atoms with van der Waals surface area (Å²) >= 11 is 0. The van der Waals surface area contributed by atoms with Crippen molar-refractivity contribution < 1.29 is 18.4 Å². The first-order valence-electron chi connectivity index (χ1n) is 7.72. The van der Waals surface area contributed by atoms with Crippen LogP contribution in [0.3, 0.4) is 0 Å². The second-order valence-corrected chi connectivity index (χ2v) is 5.72. The molecule has 1 aromatic carbocycles. The fourth-order valence-electron chi connectivity index (χ4n) is 2.68. The Morgan fingerprint density at radius 3 is 2.46 bits per heavy atom. The van der Waals surface area contributed by atoms with Gasteiger partial charge in [0.05, 0.1) is 0 Å². The minimum atomic E-state index is -0.907. The van der Waals surface area contributed by atoms with Gasteiger partial charge in [-0.05, 0) is 38.4 Å². The number of benzene rings is 1. The summed E-state index contributed by atoms with van der Waals surface area (Å²) in [7, 11) is 0. The van der Waals surface area contributed by atoms with Gasteiger partial charge in [-0.2, -0.15) is 0 Å². The van der Waals surface area contributed by atoms with Crippen molar-refractivity contribution in [1.82, 2.24) is 16.0 Å². The van der Waals surface area contributed by atoms with E-state index in [1.807, 2.05) is 6.92 Å². The molecular formula is C16H22ClF2N3O2. The fraction of sp³-hybridized carbons (Fsp3) is 0.500. The highest BCUT2D eigenvalue weighted by Crippen LogP contribution is 2.15. The predicted octanol–water partition coefficient (Wildman–Crippen LogP) is 1.62. The van der Waals surface area contributed by atoms with E-state index < -0.39 is 23.1 Å². The van der Waals surface area contributed by atoms with Gasteiger partial charge >= 0.3 is 0 Å². The van der Waals surface area contributed by atoms with Gasteiger partial charge in [-0.25, -0.2) is 8.78 Å². The maximum absolute atomic E-state index is 13.4. The number of nitrogens with one attached hydrogen (secondary N) is 3. The number of carbonyl (C=O) groups is 2. The second kappa shape index (κ2) is 9.54. The highest BCUT2D eigenvalue weighted by Gasteiger charge is 2.24. The standard InChI is InChI=1S/C16H21F2N3O2.ClH/c1-10-9-11(5-6-19-10)15(22)20-7-8-21-16(23)14-12(17)3-2-4-13(14)18;/h2-4,10-11,19H,5-9H2,1H3,(H,20,22)(H,21,23);1H/t10-,11-;/m0./s1. The smallest absolute Gasteiger partial charge is 0.257 e. The summed E-state index contributed by atoms with van der Waals surface area (Å²) in [5, 5.41) is 8.41. The molecule has 1 fully saturated rings. The van der Waals surface area contributed by atoms with Crippen molar-refractivity contribution >= 4 is 24.2 Å². The third kappa shape index (κ3) is 5.42. The number of rotatable bonds is 5. The number of hydrogen-bond acceptors (Lipinski definition) is 3. The molecule has 0 aliphatic carbocycles. The topological polar surface area (TPSA) is 70.2 Å². The van der Waals surface area contributed by atoms with Gasteiger partial charge in [0.2, 0.25) is 5.91 Å². The van der Waals surface area contributed by atoms with Crippen molar-refractivity contribution in [3.8, 4) is 0 Å². The van der Waals surface area contributed by atoms with Crippen LogP contribution in [0.25, 0.3) is 0 Å². The van der Waals surface area contributed by atoms with Crippen LogP contribution < -0.4 is 16.0 Å². The third-order valence-corrected chi connectivity index (χ3v) is 3.89.